The molecular weight excluding hydrogens is 256 g/mol. The van der Waals surface area contributed by atoms with E-state index >= 15 is 0 Å². The molecule has 20 heavy (non-hydrogen) atoms. The Balaban J connectivity index is 2.04. The van der Waals surface area contributed by atoms with Gasteiger partial charge in [-0.3, -0.25) is 10.5 Å². The van der Waals surface area contributed by atoms with Crippen LogP contribution < -0.4 is 16.6 Å². The number of anilines is 2. The third kappa shape index (κ3) is 3.14. The molecule has 2 heterocycles. The van der Waals surface area contributed by atoms with E-state index in [-0.39, 0.29) is 0 Å². The molecule has 2 rings (SSSR count). The summed E-state index contributed by atoms with van der Waals surface area (Å²) in [7, 11) is 2.12. The number of rotatable bonds is 7. The molecule has 0 amide bonds. The maximum atomic E-state index is 5.37. The van der Waals surface area contributed by atoms with Crippen LogP contribution in [-0.4, -0.2) is 51.2 Å². The van der Waals surface area contributed by atoms with Crippen molar-refractivity contribution in [1.29, 1.82) is 0 Å². The van der Waals surface area contributed by atoms with E-state index in [1.165, 1.54) is 0 Å². The minimum atomic E-state index is 0.361. The van der Waals surface area contributed by atoms with E-state index in [1.54, 1.807) is 6.20 Å². The second-order valence-electron chi connectivity index (χ2n) is 4.84. The van der Waals surface area contributed by atoms with Crippen molar-refractivity contribution < 1.29 is 0 Å². The average Bonchev–Trinajstić information content (AvgIpc) is 2.94. The van der Waals surface area contributed by atoms with E-state index in [0.29, 0.717) is 17.6 Å². The molecule has 5 N–H and O–H groups in total. The minimum Gasteiger partial charge on any atom is -0.368 e. The van der Waals surface area contributed by atoms with Gasteiger partial charge < -0.3 is 10.2 Å². The molecule has 0 aliphatic rings. The van der Waals surface area contributed by atoms with Gasteiger partial charge in [-0.2, -0.15) is 15.1 Å². The first-order valence-electron chi connectivity index (χ1n) is 6.77. The molecule has 0 radical (unpaired) electrons. The standard InChI is InChI=1S/C12H22N8/c1-4-8(2)20(3)6-5-14-10-9-7-15-19-11(9)17-12(16-10)18-13/h7-8H,4-6,13H2,1-3H3,(H3,14,15,16,17,18,19). The normalized spacial score (nSPS) is 12.8. The van der Waals surface area contributed by atoms with Crippen molar-refractivity contribution >= 4 is 22.8 Å². The zero-order valence-corrected chi connectivity index (χ0v) is 12.1. The Morgan fingerprint density at radius 1 is 1.45 bits per heavy atom. The van der Waals surface area contributed by atoms with E-state index < -0.39 is 0 Å². The number of aromatic nitrogens is 4. The molecule has 0 spiro atoms. The largest absolute Gasteiger partial charge is 0.368 e. The number of H-pyrrole nitrogens is 1. The molecular formula is C12H22N8. The molecule has 0 saturated heterocycles. The van der Waals surface area contributed by atoms with Gasteiger partial charge in [0.25, 0.3) is 0 Å². The SMILES string of the molecule is CCC(C)N(C)CCNc1nc(NN)nc2[nH]ncc12. The first kappa shape index (κ1) is 14.5. The molecule has 0 aliphatic carbocycles. The van der Waals surface area contributed by atoms with Crippen LogP contribution >= 0.6 is 0 Å². The smallest absolute Gasteiger partial charge is 0.241 e. The van der Waals surface area contributed by atoms with Crippen LogP contribution in [0, 0.1) is 0 Å². The highest BCUT2D eigenvalue weighted by Gasteiger charge is 2.10. The van der Waals surface area contributed by atoms with E-state index in [9.17, 15) is 0 Å². The van der Waals surface area contributed by atoms with Crippen LogP contribution in [0.1, 0.15) is 20.3 Å². The number of nitrogens with zero attached hydrogens (tertiary/aromatic N) is 4. The zero-order chi connectivity index (χ0) is 14.5. The monoisotopic (exact) mass is 278 g/mol. The Morgan fingerprint density at radius 3 is 2.95 bits per heavy atom. The van der Waals surface area contributed by atoms with Crippen molar-refractivity contribution in [3.05, 3.63) is 6.20 Å². The zero-order valence-electron chi connectivity index (χ0n) is 12.1. The van der Waals surface area contributed by atoms with Crippen molar-refractivity contribution in [2.75, 3.05) is 30.9 Å². The predicted octanol–water partition coefficient (Wildman–Crippen LogP) is 0.781. The number of hydrogen-bond acceptors (Lipinski definition) is 7. The van der Waals surface area contributed by atoms with E-state index in [2.05, 4.69) is 56.7 Å². The number of hydrogen-bond donors (Lipinski definition) is 4. The molecule has 0 aromatic carbocycles. The fourth-order valence-corrected chi connectivity index (χ4v) is 1.92. The Morgan fingerprint density at radius 2 is 2.25 bits per heavy atom. The summed E-state index contributed by atoms with van der Waals surface area (Å²) in [6, 6.07) is 0.567. The molecule has 0 aliphatic heterocycles. The summed E-state index contributed by atoms with van der Waals surface area (Å²) in [6.07, 6.45) is 2.84. The van der Waals surface area contributed by atoms with Crippen LogP contribution in [-0.2, 0) is 0 Å². The molecule has 2 aromatic rings. The lowest BCUT2D eigenvalue weighted by Crippen LogP contribution is -2.32. The molecule has 0 bridgehead atoms. The van der Waals surface area contributed by atoms with Crippen LogP contribution in [0.4, 0.5) is 11.8 Å². The van der Waals surface area contributed by atoms with Gasteiger partial charge in [0.15, 0.2) is 5.65 Å². The van der Waals surface area contributed by atoms with E-state index in [4.69, 9.17) is 5.84 Å². The third-order valence-corrected chi connectivity index (χ3v) is 3.54. The fourth-order valence-electron chi connectivity index (χ4n) is 1.92. The van der Waals surface area contributed by atoms with Crippen molar-refractivity contribution in [2.45, 2.75) is 26.3 Å². The Hall–Kier alpha value is -1.93. The predicted molar refractivity (Wildman–Crippen MR) is 80.4 cm³/mol. The van der Waals surface area contributed by atoms with Crippen molar-refractivity contribution in [3.63, 3.8) is 0 Å². The van der Waals surface area contributed by atoms with Gasteiger partial charge >= 0.3 is 0 Å². The summed E-state index contributed by atoms with van der Waals surface area (Å²) in [4.78, 5) is 10.8. The number of likely N-dealkylation sites (N-methyl/N-ethyl adjacent to an activating group) is 1. The molecule has 110 valence electrons. The first-order valence-corrected chi connectivity index (χ1v) is 6.77. The molecule has 8 nitrogen and oxygen atoms in total. The number of nitrogens with one attached hydrogen (secondary N) is 3. The number of aromatic amines is 1. The maximum absolute atomic E-state index is 5.37. The lowest BCUT2D eigenvalue weighted by molar-refractivity contribution is 0.261. The molecule has 0 fully saturated rings. The van der Waals surface area contributed by atoms with Gasteiger partial charge in [0.1, 0.15) is 5.82 Å². The van der Waals surface area contributed by atoms with Crippen LogP contribution in [0.25, 0.3) is 11.0 Å². The number of fused-ring (bicyclic) bond motifs is 1. The summed E-state index contributed by atoms with van der Waals surface area (Å²) in [5.74, 6) is 6.46. The van der Waals surface area contributed by atoms with Crippen LogP contribution in [0.2, 0.25) is 0 Å². The Kier molecular flexibility index (Phi) is 4.70. The van der Waals surface area contributed by atoms with Gasteiger partial charge in [-0.25, -0.2) is 5.84 Å². The van der Waals surface area contributed by atoms with Crippen LogP contribution in [0.5, 0.6) is 0 Å². The summed E-state index contributed by atoms with van der Waals surface area (Å²) in [6.45, 7) is 6.13. The molecule has 2 aromatic heterocycles. The van der Waals surface area contributed by atoms with Gasteiger partial charge in [0.05, 0.1) is 11.6 Å². The highest BCUT2D eigenvalue weighted by molar-refractivity contribution is 5.86. The lowest BCUT2D eigenvalue weighted by atomic mass is 10.2. The van der Waals surface area contributed by atoms with Gasteiger partial charge in [0.2, 0.25) is 5.95 Å². The highest BCUT2D eigenvalue weighted by Crippen LogP contribution is 2.19. The van der Waals surface area contributed by atoms with E-state index in [1.807, 2.05) is 0 Å². The van der Waals surface area contributed by atoms with Crippen molar-refractivity contribution in [1.82, 2.24) is 25.1 Å². The fraction of sp³-hybridized carbons (Fsp3) is 0.583. The second-order valence-corrected chi connectivity index (χ2v) is 4.84. The third-order valence-electron chi connectivity index (χ3n) is 3.54. The Labute approximate surface area is 118 Å². The van der Waals surface area contributed by atoms with Gasteiger partial charge in [-0.05, 0) is 20.4 Å². The maximum Gasteiger partial charge on any atom is 0.241 e. The molecule has 8 heteroatoms. The van der Waals surface area contributed by atoms with Gasteiger partial charge in [0, 0.05) is 19.1 Å². The second kappa shape index (κ2) is 6.49. The van der Waals surface area contributed by atoms with Gasteiger partial charge in [-0.15, -0.1) is 0 Å². The van der Waals surface area contributed by atoms with Crippen molar-refractivity contribution in [2.24, 2.45) is 5.84 Å². The lowest BCUT2D eigenvalue weighted by Gasteiger charge is -2.23. The Bertz CT molecular complexity index is 551. The van der Waals surface area contributed by atoms with Gasteiger partial charge in [-0.1, -0.05) is 6.92 Å². The highest BCUT2D eigenvalue weighted by atomic mass is 15.3. The molecule has 1 atom stereocenters. The summed E-state index contributed by atoms with van der Waals surface area (Å²) in [5.41, 5.74) is 3.11. The quantitative estimate of drug-likeness (QED) is 0.438. The first-order chi connectivity index (χ1) is 9.65. The molecule has 0 saturated carbocycles. The molecule has 1 unspecified atom stereocenters. The van der Waals surface area contributed by atoms with Crippen molar-refractivity contribution in [3.8, 4) is 0 Å². The summed E-state index contributed by atoms with van der Waals surface area (Å²) in [5, 5.41) is 11.0. The minimum absolute atomic E-state index is 0.361. The van der Waals surface area contributed by atoms with Crippen LogP contribution in [0.15, 0.2) is 6.20 Å². The number of nitrogen functional groups attached to an aromatic ring is 1. The number of hydrazine groups is 1. The van der Waals surface area contributed by atoms with Crippen LogP contribution in [0.3, 0.4) is 0 Å². The summed E-state index contributed by atoms with van der Waals surface area (Å²) < 4.78 is 0. The summed E-state index contributed by atoms with van der Waals surface area (Å²) >= 11 is 0. The van der Waals surface area contributed by atoms with E-state index in [0.717, 1.165) is 30.7 Å². The average molecular weight is 278 g/mol. The topological polar surface area (TPSA) is 108 Å². The number of nitrogens with two attached hydrogens (primary N) is 1.